The van der Waals surface area contributed by atoms with E-state index in [1.165, 1.54) is 16.5 Å². The molecule has 8 aromatic carbocycles. The van der Waals surface area contributed by atoms with Gasteiger partial charge in [0.2, 0.25) is 0 Å². The van der Waals surface area contributed by atoms with Gasteiger partial charge in [-0.2, -0.15) is 0 Å². The number of rotatable bonds is 5. The van der Waals surface area contributed by atoms with Crippen molar-refractivity contribution in [1.29, 1.82) is 0 Å². The van der Waals surface area contributed by atoms with Crippen molar-refractivity contribution >= 4 is 71.7 Å². The molecule has 0 spiro atoms. The molecule has 2 heterocycles. The first-order valence-corrected chi connectivity index (χ1v) is 16.6. The van der Waals surface area contributed by atoms with Gasteiger partial charge >= 0.3 is 0 Å². The first-order chi connectivity index (χ1) is 24.3. The lowest BCUT2D eigenvalue weighted by Crippen LogP contribution is -2.11. The molecular weight excluding hydrogens is 599 g/mol. The normalized spacial score (nSPS) is 11.7. The Morgan fingerprint density at radius 1 is 0.306 bits per heavy atom. The van der Waals surface area contributed by atoms with Gasteiger partial charge in [-0.15, -0.1) is 0 Å². The Hall–Kier alpha value is -6.58. The predicted octanol–water partition coefficient (Wildman–Crippen LogP) is 13.4. The van der Waals surface area contributed by atoms with Crippen LogP contribution in [-0.2, 0) is 0 Å². The van der Waals surface area contributed by atoms with Crippen LogP contribution in [0.1, 0.15) is 0 Å². The summed E-state index contributed by atoms with van der Waals surface area (Å²) >= 11 is 0. The van der Waals surface area contributed by atoms with E-state index < -0.39 is 0 Å². The van der Waals surface area contributed by atoms with Gasteiger partial charge in [0.15, 0.2) is 5.58 Å². The highest BCUT2D eigenvalue weighted by Crippen LogP contribution is 2.49. The summed E-state index contributed by atoms with van der Waals surface area (Å²) in [6.45, 7) is 0. The molecule has 0 saturated carbocycles. The van der Waals surface area contributed by atoms with Gasteiger partial charge in [0.1, 0.15) is 16.7 Å². The first kappa shape index (κ1) is 27.5. The van der Waals surface area contributed by atoms with Crippen LogP contribution in [0.25, 0.3) is 76.9 Å². The van der Waals surface area contributed by atoms with Crippen LogP contribution in [0.3, 0.4) is 0 Å². The van der Waals surface area contributed by atoms with Gasteiger partial charge < -0.3 is 13.7 Å². The lowest BCUT2D eigenvalue weighted by molar-refractivity contribution is 0.668. The molecule has 230 valence electrons. The Kier molecular flexibility index (Phi) is 6.18. The molecule has 0 bridgehead atoms. The molecule has 10 rings (SSSR count). The molecule has 0 saturated heterocycles. The monoisotopic (exact) mass is 627 g/mol. The molecule has 3 nitrogen and oxygen atoms in total. The number of fused-ring (bicyclic) bond motifs is 7. The maximum absolute atomic E-state index is 7.01. The minimum absolute atomic E-state index is 0.835. The Balaban J connectivity index is 1.31. The second-order valence-electron chi connectivity index (χ2n) is 12.4. The van der Waals surface area contributed by atoms with E-state index in [-0.39, 0.29) is 0 Å². The number of benzene rings is 8. The summed E-state index contributed by atoms with van der Waals surface area (Å²) in [6, 6.07) is 61.8. The maximum Gasteiger partial charge on any atom is 0.159 e. The van der Waals surface area contributed by atoms with Crippen molar-refractivity contribution in [2.45, 2.75) is 0 Å². The van der Waals surface area contributed by atoms with Crippen molar-refractivity contribution in [2.24, 2.45) is 0 Å². The summed E-state index contributed by atoms with van der Waals surface area (Å²) in [5, 5.41) is 6.63. The van der Waals surface area contributed by atoms with Crippen LogP contribution in [0.4, 0.5) is 17.1 Å². The van der Waals surface area contributed by atoms with Crippen LogP contribution < -0.4 is 4.90 Å². The summed E-state index contributed by atoms with van der Waals surface area (Å²) in [4.78, 5) is 2.37. The van der Waals surface area contributed by atoms with Gasteiger partial charge in [0.05, 0.1) is 22.4 Å². The van der Waals surface area contributed by atoms with Gasteiger partial charge in [-0.25, -0.2) is 0 Å². The van der Waals surface area contributed by atoms with E-state index in [4.69, 9.17) is 8.83 Å². The third-order valence-corrected chi connectivity index (χ3v) is 9.68. The SMILES string of the molecule is c1ccc(-c2ccc(N(c3cccc4c3oc3c(-c5ccccc5)cccc34)c3cccc4oc5ccccc5c34)c3ccccc23)cc1. The summed E-state index contributed by atoms with van der Waals surface area (Å²) in [5.41, 5.74) is 11.1. The van der Waals surface area contributed by atoms with Gasteiger partial charge in [-0.3, -0.25) is 0 Å². The number of nitrogens with zero attached hydrogens (tertiary/aromatic N) is 1. The van der Waals surface area contributed by atoms with E-state index in [9.17, 15) is 0 Å². The highest BCUT2D eigenvalue weighted by atomic mass is 16.3. The topological polar surface area (TPSA) is 29.5 Å². The average Bonchev–Trinajstić information content (AvgIpc) is 3.75. The molecule has 2 aromatic heterocycles. The van der Waals surface area contributed by atoms with Crippen LogP contribution in [0, 0.1) is 0 Å². The van der Waals surface area contributed by atoms with Gasteiger partial charge in [-0.05, 0) is 52.4 Å². The smallest absolute Gasteiger partial charge is 0.159 e. The molecule has 0 aliphatic rings. The fourth-order valence-corrected chi connectivity index (χ4v) is 7.51. The average molecular weight is 628 g/mol. The predicted molar refractivity (Wildman–Crippen MR) is 204 cm³/mol. The number of para-hydroxylation sites is 3. The Labute approximate surface area is 282 Å². The molecule has 0 amide bonds. The molecule has 0 fully saturated rings. The van der Waals surface area contributed by atoms with Crippen LogP contribution >= 0.6 is 0 Å². The van der Waals surface area contributed by atoms with Gasteiger partial charge in [0, 0.05) is 27.1 Å². The van der Waals surface area contributed by atoms with E-state index in [1.807, 2.05) is 18.2 Å². The van der Waals surface area contributed by atoms with Crippen LogP contribution in [0.5, 0.6) is 0 Å². The largest absolute Gasteiger partial charge is 0.456 e. The summed E-state index contributed by atoms with van der Waals surface area (Å²) in [5.74, 6) is 0. The molecule has 49 heavy (non-hydrogen) atoms. The third-order valence-electron chi connectivity index (χ3n) is 9.68. The maximum atomic E-state index is 7.01. The highest BCUT2D eigenvalue weighted by molar-refractivity contribution is 6.19. The molecule has 0 aliphatic heterocycles. The third kappa shape index (κ3) is 4.29. The number of hydrogen-bond donors (Lipinski definition) is 0. The van der Waals surface area contributed by atoms with Crippen LogP contribution in [0.2, 0.25) is 0 Å². The number of hydrogen-bond acceptors (Lipinski definition) is 3. The molecular formula is C46H29NO2. The molecule has 0 N–H and O–H groups in total. The van der Waals surface area contributed by atoms with Gasteiger partial charge in [0.25, 0.3) is 0 Å². The highest BCUT2D eigenvalue weighted by Gasteiger charge is 2.25. The first-order valence-electron chi connectivity index (χ1n) is 16.6. The van der Waals surface area contributed by atoms with E-state index in [1.54, 1.807) is 0 Å². The van der Waals surface area contributed by atoms with Crippen LogP contribution in [-0.4, -0.2) is 0 Å². The molecule has 3 heteroatoms. The van der Waals surface area contributed by atoms with E-state index in [0.717, 1.165) is 77.5 Å². The fraction of sp³-hybridized carbons (Fsp3) is 0. The van der Waals surface area contributed by atoms with Crippen molar-refractivity contribution in [1.82, 2.24) is 0 Å². The minimum Gasteiger partial charge on any atom is -0.456 e. The van der Waals surface area contributed by atoms with Gasteiger partial charge in [-0.1, -0.05) is 146 Å². The Bertz CT molecular complexity index is 2830. The zero-order valence-corrected chi connectivity index (χ0v) is 26.5. The van der Waals surface area contributed by atoms with Crippen molar-refractivity contribution in [3.05, 3.63) is 176 Å². The van der Waals surface area contributed by atoms with E-state index in [0.29, 0.717) is 0 Å². The standard InChI is InChI=1S/C46H29NO2/c1-3-14-30(15-4-1)32-28-29-39(35-19-8-7-18-34(32)35)47(40-24-13-27-43-44(40)38-20-9-10-26-42(38)48-43)41-25-12-23-37-36-22-11-21-33(45(36)49-46(37)41)31-16-5-2-6-17-31/h1-29H. The Morgan fingerprint density at radius 2 is 0.878 bits per heavy atom. The summed E-state index contributed by atoms with van der Waals surface area (Å²) in [7, 11) is 0. The number of anilines is 3. The minimum atomic E-state index is 0.835. The zero-order valence-electron chi connectivity index (χ0n) is 26.5. The zero-order chi connectivity index (χ0) is 32.3. The molecule has 0 atom stereocenters. The quantitative estimate of drug-likeness (QED) is 0.190. The molecule has 10 aromatic rings. The van der Waals surface area contributed by atoms with Crippen molar-refractivity contribution in [3.8, 4) is 22.3 Å². The molecule has 0 unspecified atom stereocenters. The van der Waals surface area contributed by atoms with Crippen molar-refractivity contribution in [2.75, 3.05) is 4.90 Å². The van der Waals surface area contributed by atoms with Crippen molar-refractivity contribution in [3.63, 3.8) is 0 Å². The lowest BCUT2D eigenvalue weighted by Gasteiger charge is -2.28. The molecule has 0 aliphatic carbocycles. The van der Waals surface area contributed by atoms with E-state index in [2.05, 4.69) is 163 Å². The second kappa shape index (κ2) is 11.0. The number of furan rings is 2. The molecule has 0 radical (unpaired) electrons. The fourth-order valence-electron chi connectivity index (χ4n) is 7.51. The summed E-state index contributed by atoms with van der Waals surface area (Å²) < 4.78 is 13.4. The lowest BCUT2D eigenvalue weighted by atomic mass is 9.96. The van der Waals surface area contributed by atoms with E-state index >= 15 is 0 Å². The van der Waals surface area contributed by atoms with Crippen molar-refractivity contribution < 1.29 is 8.83 Å². The van der Waals surface area contributed by atoms with Crippen LogP contribution in [0.15, 0.2) is 185 Å². The Morgan fingerprint density at radius 3 is 1.67 bits per heavy atom. The summed E-state index contributed by atoms with van der Waals surface area (Å²) in [6.07, 6.45) is 0. The second-order valence-corrected chi connectivity index (χ2v) is 12.4.